The van der Waals surface area contributed by atoms with Crippen molar-refractivity contribution in [2.24, 2.45) is 0 Å². The molecule has 0 spiro atoms. The molecule has 0 N–H and O–H groups in total. The van der Waals surface area contributed by atoms with Gasteiger partial charge in [-0.05, 0) is 0 Å². The third kappa shape index (κ3) is 5.38. The normalized spacial score (nSPS) is 11.4. The smallest absolute Gasteiger partial charge is 0.418 e. The summed E-state index contributed by atoms with van der Waals surface area (Å²) in [6.45, 7) is 2.36. The molecule has 0 amide bonds. The standard InChI is InChI=1S/3C6H5.C2H5.BF4.Sb/c3*1-2-4-6-5-3-1;1-2;2-1(3,4)5;/h3*1-5H;1H2,2H3;;/q;;;;-1;+1. The molecule has 0 bridgehead atoms. The van der Waals surface area contributed by atoms with Crippen LogP contribution in [0.15, 0.2) is 91.0 Å². The van der Waals surface area contributed by atoms with Crippen molar-refractivity contribution in [3.05, 3.63) is 91.0 Å². The molecule has 0 unspecified atom stereocenters. The maximum absolute atomic E-state index is 9.75. The van der Waals surface area contributed by atoms with Crippen LogP contribution in [0.5, 0.6) is 0 Å². The average molecular weight is 469 g/mol. The van der Waals surface area contributed by atoms with Crippen molar-refractivity contribution in [2.75, 3.05) is 0 Å². The molecule has 136 valence electrons. The molecule has 26 heavy (non-hydrogen) atoms. The van der Waals surface area contributed by atoms with Crippen LogP contribution < -0.4 is 10.5 Å². The monoisotopic (exact) mass is 468 g/mol. The van der Waals surface area contributed by atoms with Crippen molar-refractivity contribution < 1.29 is 17.3 Å². The minimum Gasteiger partial charge on any atom is -0.418 e. The van der Waals surface area contributed by atoms with Crippen molar-refractivity contribution in [3.63, 3.8) is 0 Å². The first-order valence-corrected chi connectivity index (χ1v) is 13.9. The largest absolute Gasteiger partial charge is 0.673 e. The molecule has 3 aromatic rings. The van der Waals surface area contributed by atoms with E-state index in [0.717, 1.165) is 0 Å². The van der Waals surface area contributed by atoms with Crippen LogP contribution in [0, 0.1) is 0 Å². The molecule has 0 aromatic heterocycles. The Bertz CT molecular complexity index is 675. The SMILES string of the molecule is C[CH2][Sb+]([c]1ccccc1)([c]1ccccc1)[c]1ccccc1.F[B-](F)(F)F. The number of rotatable bonds is 4. The van der Waals surface area contributed by atoms with Gasteiger partial charge in [-0.25, -0.2) is 0 Å². The zero-order valence-electron chi connectivity index (χ0n) is 14.4. The topological polar surface area (TPSA) is 0 Å². The number of benzene rings is 3. The third-order valence-corrected chi connectivity index (χ3v) is 16.9. The maximum Gasteiger partial charge on any atom is 0.673 e. The molecule has 0 atom stereocenters. The van der Waals surface area contributed by atoms with Crippen LogP contribution >= 0.6 is 0 Å². The minimum atomic E-state index is -6.00. The predicted octanol–water partition coefficient (Wildman–Crippen LogP) is 4.48. The van der Waals surface area contributed by atoms with Crippen molar-refractivity contribution in [1.82, 2.24) is 0 Å². The third-order valence-electron chi connectivity index (χ3n) is 4.07. The van der Waals surface area contributed by atoms with Gasteiger partial charge in [0, 0.05) is 0 Å². The quantitative estimate of drug-likeness (QED) is 0.391. The van der Waals surface area contributed by atoms with E-state index in [1.807, 2.05) is 0 Å². The molecule has 6 heteroatoms. The Kier molecular flexibility index (Phi) is 7.34. The van der Waals surface area contributed by atoms with E-state index in [2.05, 4.69) is 97.9 Å². The van der Waals surface area contributed by atoms with Gasteiger partial charge in [-0.2, -0.15) is 0 Å². The summed E-state index contributed by atoms with van der Waals surface area (Å²) in [6.07, 6.45) is 0. The van der Waals surface area contributed by atoms with Crippen LogP contribution in [-0.2, 0) is 0 Å². The van der Waals surface area contributed by atoms with Crippen LogP contribution in [-0.4, -0.2) is 26.1 Å². The molecule has 0 heterocycles. The van der Waals surface area contributed by atoms with E-state index in [1.54, 1.807) is 10.5 Å². The van der Waals surface area contributed by atoms with E-state index in [-0.39, 0.29) is 0 Å². The fourth-order valence-electron chi connectivity index (χ4n) is 3.04. The Labute approximate surface area is 156 Å². The first-order valence-electron chi connectivity index (χ1n) is 8.30. The first-order chi connectivity index (χ1) is 12.4. The summed E-state index contributed by atoms with van der Waals surface area (Å²) < 4.78 is 44.9. The van der Waals surface area contributed by atoms with Gasteiger partial charge >= 0.3 is 139 Å². The second-order valence-electron chi connectivity index (χ2n) is 5.63. The van der Waals surface area contributed by atoms with Gasteiger partial charge in [-0.1, -0.05) is 0 Å². The van der Waals surface area contributed by atoms with Gasteiger partial charge < -0.3 is 17.3 Å². The van der Waals surface area contributed by atoms with Gasteiger partial charge in [0.1, 0.15) is 0 Å². The van der Waals surface area contributed by atoms with Gasteiger partial charge in [0.15, 0.2) is 0 Å². The zero-order chi connectivity index (χ0) is 19.0. The van der Waals surface area contributed by atoms with Gasteiger partial charge in [0.2, 0.25) is 0 Å². The fourth-order valence-corrected chi connectivity index (χ4v) is 14.6. The number of hydrogen-bond donors (Lipinski definition) is 0. The molecule has 0 aliphatic carbocycles. The summed E-state index contributed by atoms with van der Waals surface area (Å²) in [5.41, 5.74) is 0. The molecule has 0 saturated heterocycles. The van der Waals surface area contributed by atoms with Crippen molar-refractivity contribution in [1.29, 1.82) is 0 Å². The van der Waals surface area contributed by atoms with Gasteiger partial charge in [-0.3, -0.25) is 0 Å². The number of halogens is 4. The zero-order valence-corrected chi connectivity index (χ0v) is 17.0. The van der Waals surface area contributed by atoms with E-state index in [0.29, 0.717) is 0 Å². The Balaban J connectivity index is 0.000000431. The fraction of sp³-hybridized carbons (Fsp3) is 0.100. The van der Waals surface area contributed by atoms with Gasteiger partial charge in [0.05, 0.1) is 0 Å². The average Bonchev–Trinajstić information content (AvgIpc) is 2.64. The molecular formula is C20H20BF4Sb. The van der Waals surface area contributed by atoms with Crippen molar-refractivity contribution >= 4 is 36.6 Å². The van der Waals surface area contributed by atoms with Gasteiger partial charge in [0.25, 0.3) is 0 Å². The van der Waals surface area contributed by atoms with E-state index >= 15 is 0 Å². The second kappa shape index (κ2) is 9.27. The number of hydrogen-bond acceptors (Lipinski definition) is 0. The Morgan fingerprint density at radius 1 is 0.577 bits per heavy atom. The molecular weight excluding hydrogens is 449 g/mol. The molecule has 3 aromatic carbocycles. The summed E-state index contributed by atoms with van der Waals surface area (Å²) in [7, 11) is -6.00. The maximum atomic E-state index is 9.75. The van der Waals surface area contributed by atoms with Crippen LogP contribution in [0.25, 0.3) is 0 Å². The van der Waals surface area contributed by atoms with Gasteiger partial charge in [-0.15, -0.1) is 0 Å². The summed E-state index contributed by atoms with van der Waals surface area (Å²) in [6, 6.07) is 33.4. The Hall–Kier alpha value is -1.74. The molecule has 0 radical (unpaired) electrons. The van der Waals surface area contributed by atoms with Crippen LogP contribution in [0.2, 0.25) is 4.37 Å². The summed E-state index contributed by atoms with van der Waals surface area (Å²) in [4.78, 5) is 0. The van der Waals surface area contributed by atoms with E-state index < -0.39 is 26.1 Å². The van der Waals surface area contributed by atoms with Crippen molar-refractivity contribution in [3.8, 4) is 0 Å². The second-order valence-corrected chi connectivity index (χ2v) is 16.5. The minimum absolute atomic E-state index is 1.23. The molecule has 0 aliphatic rings. The van der Waals surface area contributed by atoms with Crippen molar-refractivity contribution in [2.45, 2.75) is 11.3 Å². The van der Waals surface area contributed by atoms with E-state index in [4.69, 9.17) is 0 Å². The van der Waals surface area contributed by atoms with Crippen LogP contribution in [0.1, 0.15) is 6.92 Å². The Morgan fingerprint density at radius 2 is 0.808 bits per heavy atom. The molecule has 0 nitrogen and oxygen atoms in total. The molecule has 0 fully saturated rings. The van der Waals surface area contributed by atoms with Crippen LogP contribution in [0.4, 0.5) is 17.3 Å². The summed E-state index contributed by atoms with van der Waals surface area (Å²) >= 11 is -2.70. The predicted molar refractivity (Wildman–Crippen MR) is 105 cm³/mol. The van der Waals surface area contributed by atoms with E-state index in [1.165, 1.54) is 4.37 Å². The molecule has 0 saturated carbocycles. The molecule has 3 rings (SSSR count). The first kappa shape index (κ1) is 20.6. The summed E-state index contributed by atoms with van der Waals surface area (Å²) in [5.74, 6) is 0. The van der Waals surface area contributed by atoms with E-state index in [9.17, 15) is 17.3 Å². The molecule has 0 aliphatic heterocycles. The summed E-state index contributed by atoms with van der Waals surface area (Å²) in [5, 5.41) is 0. The van der Waals surface area contributed by atoms with Crippen LogP contribution in [0.3, 0.4) is 0 Å². The Morgan fingerprint density at radius 3 is 1.00 bits per heavy atom.